The van der Waals surface area contributed by atoms with E-state index in [1.54, 1.807) is 21.3 Å². The zero-order valence-electron chi connectivity index (χ0n) is 39.0. The third kappa shape index (κ3) is 8.85. The Morgan fingerprint density at radius 2 is 1.75 bits per heavy atom. The van der Waals surface area contributed by atoms with E-state index in [2.05, 4.69) is 85.4 Å². The van der Waals surface area contributed by atoms with Gasteiger partial charge in [-0.15, -0.1) is 0 Å². The number of amides is 2. The van der Waals surface area contributed by atoms with Crippen molar-refractivity contribution in [2.45, 2.75) is 136 Å². The number of likely N-dealkylation sites (tertiary alicyclic amines) is 2. The molecule has 2 fully saturated rings. The van der Waals surface area contributed by atoms with E-state index in [4.69, 9.17) is 34.6 Å². The van der Waals surface area contributed by atoms with Gasteiger partial charge in [-0.3, -0.25) is 9.59 Å². The first-order chi connectivity index (χ1) is 30.2. The van der Waals surface area contributed by atoms with Crippen molar-refractivity contribution in [2.24, 2.45) is 11.7 Å². The minimum absolute atomic E-state index is 0. The number of hydrogen-bond donors (Lipinski definition) is 4. The SMILES string of the molecule is CCC.COC[C@@H]1CN(C(=O)[C@@H](N)[C@@H](C)OC)C(C)(c2nc3c(ccc4cc5c(cc43)OCc3cc(-c4cnc([C@@H]6CC[C@H](C)N6C(=O)[C@@H](NC(C)C)[C@@H](C)OC)[nH]4)ccc3-5)[nH]2)C1.[HH]. The first-order valence-corrected chi connectivity index (χ1v) is 22.7. The Kier molecular flexibility index (Phi) is 14.0. The third-order valence-electron chi connectivity index (χ3n) is 13.2. The molecule has 3 aliphatic heterocycles. The number of aromatic nitrogens is 4. The molecule has 5 N–H and O–H groups in total. The maximum Gasteiger partial charge on any atom is 0.243 e. The number of nitrogens with zero attached hydrogens (tertiary/aromatic N) is 4. The van der Waals surface area contributed by atoms with Gasteiger partial charge in [0.1, 0.15) is 36.1 Å². The van der Waals surface area contributed by atoms with Crippen LogP contribution >= 0.6 is 0 Å². The van der Waals surface area contributed by atoms with Crippen molar-refractivity contribution in [3.63, 3.8) is 0 Å². The van der Waals surface area contributed by atoms with Crippen molar-refractivity contribution < 1.29 is 30.0 Å². The number of imidazole rings is 2. The van der Waals surface area contributed by atoms with E-state index >= 15 is 0 Å². The standard InChI is InChI=1S/C46H60N8O6.C3H8.H2/c1-24(2)49-40(27(5)59-9)44(56)54-25(3)10-15-37(54)42-48-20-36(50-42)30-11-13-32-31(16-30)23-60-38-18-33-29(17-34(32)38)12-14-35-41(33)52-45(51-35)46(6)19-28(22-57-7)21-53(46)43(55)39(47)26(4)58-8;1-3-2;/h11-14,16-18,20,24-28,37,39-40,49H,10,15,19,21-23,47H2,1-9H3,(H,48,50)(H,51,52);3H2,1-2H3;1H/t25-,26+,27+,28-,37-,39-,40-,46?;;/m0../s1. The second kappa shape index (κ2) is 19.1. The molecule has 8 atom stereocenters. The summed E-state index contributed by atoms with van der Waals surface area (Å²) in [5.74, 6) is 2.28. The lowest BCUT2D eigenvalue weighted by molar-refractivity contribution is -0.140. The number of benzene rings is 3. The lowest BCUT2D eigenvalue weighted by atomic mass is 9.92. The minimum atomic E-state index is -0.805. The molecule has 2 saturated heterocycles. The average molecular weight is 867 g/mol. The molecule has 0 saturated carbocycles. The second-order valence-electron chi connectivity index (χ2n) is 18.3. The first-order valence-electron chi connectivity index (χ1n) is 22.7. The van der Waals surface area contributed by atoms with Crippen molar-refractivity contribution in [3.8, 4) is 28.1 Å². The van der Waals surface area contributed by atoms with Crippen LogP contribution in [-0.2, 0) is 35.9 Å². The van der Waals surface area contributed by atoms with Gasteiger partial charge in [0.15, 0.2) is 0 Å². The zero-order valence-corrected chi connectivity index (χ0v) is 39.0. The molecule has 63 heavy (non-hydrogen) atoms. The van der Waals surface area contributed by atoms with Crippen LogP contribution in [0.1, 0.15) is 106 Å². The predicted molar refractivity (Wildman–Crippen MR) is 249 cm³/mol. The van der Waals surface area contributed by atoms with Gasteiger partial charge in [-0.2, -0.15) is 0 Å². The van der Waals surface area contributed by atoms with Gasteiger partial charge in [0.05, 0.1) is 53.3 Å². The smallest absolute Gasteiger partial charge is 0.243 e. The normalized spacial score (nSPS) is 22.7. The highest BCUT2D eigenvalue weighted by Crippen LogP contribution is 2.45. The number of methoxy groups -OCH3 is 3. The van der Waals surface area contributed by atoms with Crippen LogP contribution in [0.25, 0.3) is 44.2 Å². The third-order valence-corrected chi connectivity index (χ3v) is 13.2. The minimum Gasteiger partial charge on any atom is -0.488 e. The Balaban J connectivity index is 0.00000165. The van der Waals surface area contributed by atoms with Crippen molar-refractivity contribution in [3.05, 3.63) is 65.9 Å². The fourth-order valence-corrected chi connectivity index (χ4v) is 9.68. The molecule has 5 heterocycles. The molecule has 0 radical (unpaired) electrons. The Morgan fingerprint density at radius 3 is 2.44 bits per heavy atom. The number of fused-ring (bicyclic) bond motifs is 6. The van der Waals surface area contributed by atoms with Crippen LogP contribution in [0.4, 0.5) is 0 Å². The van der Waals surface area contributed by atoms with Crippen LogP contribution in [0.2, 0.25) is 0 Å². The van der Waals surface area contributed by atoms with E-state index in [9.17, 15) is 9.59 Å². The molecule has 2 aromatic heterocycles. The molecule has 14 nitrogen and oxygen atoms in total. The van der Waals surface area contributed by atoms with Crippen molar-refractivity contribution in [1.29, 1.82) is 0 Å². The van der Waals surface area contributed by atoms with Crippen LogP contribution in [0.5, 0.6) is 5.75 Å². The van der Waals surface area contributed by atoms with Crippen molar-refractivity contribution in [2.75, 3.05) is 34.5 Å². The number of H-pyrrole nitrogens is 2. The van der Waals surface area contributed by atoms with Gasteiger partial charge in [0.2, 0.25) is 11.8 Å². The molecule has 1 unspecified atom stereocenters. The van der Waals surface area contributed by atoms with E-state index in [0.717, 1.165) is 74.2 Å². The van der Waals surface area contributed by atoms with Crippen molar-refractivity contribution >= 4 is 33.6 Å². The lowest BCUT2D eigenvalue weighted by Gasteiger charge is -2.36. The van der Waals surface area contributed by atoms with Crippen LogP contribution in [0.3, 0.4) is 0 Å². The van der Waals surface area contributed by atoms with Gasteiger partial charge < -0.3 is 49.8 Å². The zero-order chi connectivity index (χ0) is 45.3. The molecule has 342 valence electrons. The molecular formula is C49H70N8O6. The Bertz CT molecular complexity index is 2420. The number of ether oxygens (including phenoxy) is 4. The maximum atomic E-state index is 14.0. The summed E-state index contributed by atoms with van der Waals surface area (Å²) in [6, 6.07) is 13.7. The topological polar surface area (TPSA) is 173 Å². The summed E-state index contributed by atoms with van der Waals surface area (Å²) in [6.07, 6.45) is 4.82. The molecular weight excluding hydrogens is 797 g/mol. The van der Waals surface area contributed by atoms with Gasteiger partial charge in [-0.25, -0.2) is 9.97 Å². The lowest BCUT2D eigenvalue weighted by Crippen LogP contribution is -2.55. The Morgan fingerprint density at radius 1 is 1.00 bits per heavy atom. The monoisotopic (exact) mass is 867 g/mol. The summed E-state index contributed by atoms with van der Waals surface area (Å²) >= 11 is 0. The van der Waals surface area contributed by atoms with Crippen molar-refractivity contribution in [1.82, 2.24) is 35.1 Å². The van der Waals surface area contributed by atoms with Crippen LogP contribution < -0.4 is 15.8 Å². The quantitative estimate of drug-likeness (QED) is 0.0913. The van der Waals surface area contributed by atoms with Crippen LogP contribution in [0.15, 0.2) is 48.7 Å². The van der Waals surface area contributed by atoms with E-state index < -0.39 is 23.7 Å². The van der Waals surface area contributed by atoms with E-state index in [-0.39, 0.29) is 43.4 Å². The molecule has 0 bridgehead atoms. The highest BCUT2D eigenvalue weighted by molar-refractivity contribution is 6.07. The molecule has 3 aliphatic rings. The Labute approximate surface area is 373 Å². The van der Waals surface area contributed by atoms with E-state index in [1.165, 1.54) is 6.42 Å². The highest BCUT2D eigenvalue weighted by Gasteiger charge is 2.49. The van der Waals surface area contributed by atoms with E-state index in [0.29, 0.717) is 32.0 Å². The summed E-state index contributed by atoms with van der Waals surface area (Å²) in [4.78, 5) is 48.9. The number of aromatic amines is 2. The molecule has 14 heteroatoms. The number of carbonyl (C=O) groups is 2. The molecule has 3 aromatic carbocycles. The number of hydrogen-bond acceptors (Lipinski definition) is 10. The van der Waals surface area contributed by atoms with Gasteiger partial charge in [0.25, 0.3) is 0 Å². The fourth-order valence-electron chi connectivity index (χ4n) is 9.68. The summed E-state index contributed by atoms with van der Waals surface area (Å²) in [5, 5.41) is 5.43. The second-order valence-corrected chi connectivity index (χ2v) is 18.3. The summed E-state index contributed by atoms with van der Waals surface area (Å²) in [6.45, 7) is 17.7. The number of nitrogens with two attached hydrogens (primary N) is 1. The van der Waals surface area contributed by atoms with E-state index in [1.807, 2.05) is 43.7 Å². The summed E-state index contributed by atoms with van der Waals surface area (Å²) in [5.41, 5.74) is 12.5. The van der Waals surface area contributed by atoms with Crippen LogP contribution in [-0.4, -0.2) is 112 Å². The van der Waals surface area contributed by atoms with Gasteiger partial charge in [-0.05, 0) is 93.3 Å². The first kappa shape index (κ1) is 46.1. The number of carbonyl (C=O) groups excluding carboxylic acids is 2. The Hall–Kier alpha value is -4.86. The number of nitrogens with one attached hydrogen (secondary N) is 3. The molecule has 2 amide bonds. The molecule has 0 spiro atoms. The molecule has 8 rings (SSSR count). The van der Waals surface area contributed by atoms with Gasteiger partial charge in [0, 0.05) is 58.3 Å². The highest BCUT2D eigenvalue weighted by atomic mass is 16.5. The number of rotatable bonds is 13. The summed E-state index contributed by atoms with van der Waals surface area (Å²) in [7, 11) is 4.90. The molecule has 0 aliphatic carbocycles. The average Bonchev–Trinajstić information content (AvgIpc) is 4.09. The van der Waals surface area contributed by atoms with Crippen LogP contribution in [0, 0.1) is 5.92 Å². The predicted octanol–water partition coefficient (Wildman–Crippen LogP) is 7.85. The molecule has 5 aromatic rings. The maximum absolute atomic E-state index is 14.0. The largest absolute Gasteiger partial charge is 0.488 e. The van der Waals surface area contributed by atoms with Gasteiger partial charge in [-0.1, -0.05) is 52.3 Å². The fraction of sp³-hybridized carbons (Fsp3) is 0.551. The van der Waals surface area contributed by atoms with Gasteiger partial charge >= 0.3 is 0 Å². The summed E-state index contributed by atoms with van der Waals surface area (Å²) < 4.78 is 23.1.